The maximum atomic E-state index is 11.8. The van der Waals surface area contributed by atoms with E-state index in [0.717, 1.165) is 13.1 Å². The van der Waals surface area contributed by atoms with Crippen LogP contribution >= 0.6 is 0 Å². The van der Waals surface area contributed by atoms with Crippen LogP contribution in [0.4, 0.5) is 0 Å². The summed E-state index contributed by atoms with van der Waals surface area (Å²) in [7, 11) is 3.11. The van der Waals surface area contributed by atoms with E-state index in [0.29, 0.717) is 23.6 Å². The Morgan fingerprint density at radius 3 is 2.50 bits per heavy atom. The molecule has 100 valence electrons. The number of ether oxygens (including phenoxy) is 2. The quantitative estimate of drug-likeness (QED) is 0.712. The number of benzene rings is 1. The average molecular weight is 252 g/mol. The van der Waals surface area contributed by atoms with Crippen LogP contribution in [-0.2, 0) is 0 Å². The summed E-state index contributed by atoms with van der Waals surface area (Å²) in [5.41, 5.74) is 0.559. The van der Waals surface area contributed by atoms with Gasteiger partial charge in [0.15, 0.2) is 11.5 Å². The SMILES string of the molecule is CCNCCNC(=O)c1ccc(OC)c(OC)c1. The zero-order valence-electron chi connectivity index (χ0n) is 11.1. The van der Waals surface area contributed by atoms with Gasteiger partial charge in [-0.05, 0) is 24.7 Å². The molecule has 0 saturated heterocycles. The first-order valence-corrected chi connectivity index (χ1v) is 5.93. The van der Waals surface area contributed by atoms with Crippen molar-refractivity contribution in [2.24, 2.45) is 0 Å². The summed E-state index contributed by atoms with van der Waals surface area (Å²) in [6.45, 7) is 4.28. The van der Waals surface area contributed by atoms with Crippen molar-refractivity contribution >= 4 is 5.91 Å². The largest absolute Gasteiger partial charge is 0.493 e. The highest BCUT2D eigenvalue weighted by molar-refractivity contribution is 5.94. The van der Waals surface area contributed by atoms with Crippen LogP contribution in [0, 0.1) is 0 Å². The van der Waals surface area contributed by atoms with Crippen LogP contribution in [0.25, 0.3) is 0 Å². The molecule has 0 aliphatic heterocycles. The van der Waals surface area contributed by atoms with Crippen molar-refractivity contribution in [1.29, 1.82) is 0 Å². The Hall–Kier alpha value is -1.75. The van der Waals surface area contributed by atoms with Gasteiger partial charge in [0.1, 0.15) is 0 Å². The van der Waals surface area contributed by atoms with E-state index in [1.54, 1.807) is 32.4 Å². The molecule has 0 fully saturated rings. The molecule has 0 aliphatic rings. The van der Waals surface area contributed by atoms with E-state index in [1.165, 1.54) is 0 Å². The minimum atomic E-state index is -0.117. The van der Waals surface area contributed by atoms with Gasteiger partial charge in [-0.25, -0.2) is 0 Å². The first kappa shape index (κ1) is 14.3. The Morgan fingerprint density at radius 1 is 1.17 bits per heavy atom. The fourth-order valence-corrected chi connectivity index (χ4v) is 1.52. The summed E-state index contributed by atoms with van der Waals surface area (Å²) >= 11 is 0. The lowest BCUT2D eigenvalue weighted by Crippen LogP contribution is -2.31. The van der Waals surface area contributed by atoms with Gasteiger partial charge in [0.25, 0.3) is 5.91 Å². The summed E-state index contributed by atoms with van der Waals surface area (Å²) in [5.74, 6) is 1.05. The van der Waals surface area contributed by atoms with E-state index in [2.05, 4.69) is 10.6 Å². The second kappa shape index (κ2) is 7.55. The first-order chi connectivity index (χ1) is 8.72. The molecule has 0 unspecified atom stereocenters. The molecule has 1 amide bonds. The molecule has 0 atom stereocenters. The van der Waals surface area contributed by atoms with E-state index in [-0.39, 0.29) is 5.91 Å². The molecule has 0 aliphatic carbocycles. The molecule has 5 nitrogen and oxygen atoms in total. The third kappa shape index (κ3) is 3.92. The summed E-state index contributed by atoms with van der Waals surface area (Å²) < 4.78 is 10.3. The van der Waals surface area contributed by atoms with Gasteiger partial charge in [-0.3, -0.25) is 4.79 Å². The minimum absolute atomic E-state index is 0.117. The molecule has 1 aromatic carbocycles. The van der Waals surface area contributed by atoms with Gasteiger partial charge in [-0.1, -0.05) is 6.92 Å². The molecular weight excluding hydrogens is 232 g/mol. The summed E-state index contributed by atoms with van der Waals surface area (Å²) in [6, 6.07) is 5.10. The van der Waals surface area contributed by atoms with E-state index in [4.69, 9.17) is 9.47 Å². The Kier molecular flexibility index (Phi) is 6.00. The number of nitrogens with one attached hydrogen (secondary N) is 2. The molecule has 5 heteroatoms. The highest BCUT2D eigenvalue weighted by Crippen LogP contribution is 2.27. The van der Waals surface area contributed by atoms with Crippen LogP contribution in [0.2, 0.25) is 0 Å². The Balaban J connectivity index is 2.62. The lowest BCUT2D eigenvalue weighted by Gasteiger charge is -2.10. The van der Waals surface area contributed by atoms with Crippen LogP contribution in [0.15, 0.2) is 18.2 Å². The highest BCUT2D eigenvalue weighted by atomic mass is 16.5. The molecule has 0 radical (unpaired) electrons. The summed E-state index contributed by atoms with van der Waals surface area (Å²) in [5, 5.41) is 5.96. The van der Waals surface area contributed by atoms with Crippen molar-refractivity contribution < 1.29 is 14.3 Å². The Bertz CT molecular complexity index is 394. The minimum Gasteiger partial charge on any atom is -0.493 e. The number of amides is 1. The van der Waals surface area contributed by atoms with Crippen molar-refractivity contribution in [1.82, 2.24) is 10.6 Å². The van der Waals surface area contributed by atoms with Gasteiger partial charge < -0.3 is 20.1 Å². The van der Waals surface area contributed by atoms with Crippen LogP contribution in [0.1, 0.15) is 17.3 Å². The van der Waals surface area contributed by atoms with Crippen molar-refractivity contribution in [3.8, 4) is 11.5 Å². The molecule has 0 spiro atoms. The zero-order chi connectivity index (χ0) is 13.4. The fraction of sp³-hybridized carbons (Fsp3) is 0.462. The molecular formula is C13H20N2O3. The third-order valence-electron chi connectivity index (χ3n) is 2.48. The number of rotatable bonds is 7. The molecule has 1 rings (SSSR count). The monoisotopic (exact) mass is 252 g/mol. The lowest BCUT2D eigenvalue weighted by molar-refractivity contribution is 0.0953. The highest BCUT2D eigenvalue weighted by Gasteiger charge is 2.09. The van der Waals surface area contributed by atoms with Crippen molar-refractivity contribution in [2.75, 3.05) is 33.9 Å². The Morgan fingerprint density at radius 2 is 1.89 bits per heavy atom. The smallest absolute Gasteiger partial charge is 0.251 e. The maximum Gasteiger partial charge on any atom is 0.251 e. The van der Waals surface area contributed by atoms with Gasteiger partial charge in [-0.15, -0.1) is 0 Å². The number of methoxy groups -OCH3 is 2. The molecule has 0 bridgehead atoms. The molecule has 18 heavy (non-hydrogen) atoms. The van der Waals surface area contributed by atoms with E-state index < -0.39 is 0 Å². The molecule has 2 N–H and O–H groups in total. The second-order valence-electron chi connectivity index (χ2n) is 3.68. The van der Waals surface area contributed by atoms with Gasteiger partial charge in [0.2, 0.25) is 0 Å². The molecule has 1 aromatic rings. The van der Waals surface area contributed by atoms with Gasteiger partial charge >= 0.3 is 0 Å². The second-order valence-corrected chi connectivity index (χ2v) is 3.68. The van der Waals surface area contributed by atoms with Crippen molar-refractivity contribution in [3.05, 3.63) is 23.8 Å². The third-order valence-corrected chi connectivity index (χ3v) is 2.48. The van der Waals surface area contributed by atoms with Crippen LogP contribution < -0.4 is 20.1 Å². The summed E-state index contributed by atoms with van der Waals surface area (Å²) in [4.78, 5) is 11.8. The fourth-order valence-electron chi connectivity index (χ4n) is 1.52. The van der Waals surface area contributed by atoms with Crippen molar-refractivity contribution in [2.45, 2.75) is 6.92 Å². The number of carbonyl (C=O) groups excluding carboxylic acids is 1. The standard InChI is InChI=1S/C13H20N2O3/c1-4-14-7-8-15-13(16)10-5-6-11(17-2)12(9-10)18-3/h5-6,9,14H,4,7-8H2,1-3H3,(H,15,16). The average Bonchev–Trinajstić information content (AvgIpc) is 2.42. The maximum absolute atomic E-state index is 11.8. The van der Waals surface area contributed by atoms with E-state index >= 15 is 0 Å². The van der Waals surface area contributed by atoms with Crippen LogP contribution in [0.3, 0.4) is 0 Å². The predicted octanol–water partition coefficient (Wildman–Crippen LogP) is 1.04. The lowest BCUT2D eigenvalue weighted by atomic mass is 10.2. The zero-order valence-corrected chi connectivity index (χ0v) is 11.1. The van der Waals surface area contributed by atoms with E-state index in [9.17, 15) is 4.79 Å². The number of hydrogen-bond acceptors (Lipinski definition) is 4. The number of carbonyl (C=O) groups is 1. The molecule has 0 heterocycles. The predicted molar refractivity (Wildman–Crippen MR) is 70.4 cm³/mol. The molecule has 0 saturated carbocycles. The number of hydrogen-bond donors (Lipinski definition) is 2. The van der Waals surface area contributed by atoms with Crippen LogP contribution in [0.5, 0.6) is 11.5 Å². The Labute approximate surface area is 107 Å². The van der Waals surface area contributed by atoms with Gasteiger partial charge in [0.05, 0.1) is 14.2 Å². The van der Waals surface area contributed by atoms with Crippen LogP contribution in [-0.4, -0.2) is 39.8 Å². The topological polar surface area (TPSA) is 59.6 Å². The first-order valence-electron chi connectivity index (χ1n) is 5.93. The number of likely N-dealkylation sites (N-methyl/N-ethyl adjacent to an activating group) is 1. The normalized spacial score (nSPS) is 9.94. The van der Waals surface area contributed by atoms with Gasteiger partial charge in [-0.2, -0.15) is 0 Å². The van der Waals surface area contributed by atoms with Gasteiger partial charge in [0, 0.05) is 18.7 Å². The van der Waals surface area contributed by atoms with E-state index in [1.807, 2.05) is 6.92 Å². The van der Waals surface area contributed by atoms with Crippen molar-refractivity contribution in [3.63, 3.8) is 0 Å². The summed E-state index contributed by atoms with van der Waals surface area (Å²) in [6.07, 6.45) is 0. The molecule has 0 aromatic heterocycles.